The lowest BCUT2D eigenvalue weighted by atomic mass is 9.94. The summed E-state index contributed by atoms with van der Waals surface area (Å²) in [7, 11) is 0. The molecule has 0 saturated carbocycles. The lowest BCUT2D eigenvalue weighted by molar-refractivity contribution is 0.195. The minimum Gasteiger partial charge on any atom is -0.326 e. The summed E-state index contributed by atoms with van der Waals surface area (Å²) in [5.74, 6) is 1.60. The van der Waals surface area contributed by atoms with Gasteiger partial charge in [-0.1, -0.05) is 50.6 Å². The Kier molecular flexibility index (Phi) is 5.22. The molecular formula is C18H30N2. The van der Waals surface area contributed by atoms with Crippen molar-refractivity contribution in [1.29, 1.82) is 0 Å². The van der Waals surface area contributed by atoms with E-state index in [2.05, 4.69) is 56.9 Å². The second-order valence-corrected chi connectivity index (χ2v) is 6.72. The van der Waals surface area contributed by atoms with Gasteiger partial charge >= 0.3 is 0 Å². The van der Waals surface area contributed by atoms with Gasteiger partial charge in [-0.3, -0.25) is 4.90 Å². The summed E-state index contributed by atoms with van der Waals surface area (Å²) in [4.78, 5) is 2.61. The second kappa shape index (κ2) is 6.73. The molecule has 1 aliphatic rings. The smallest absolute Gasteiger partial charge is 0.0499 e. The highest BCUT2D eigenvalue weighted by atomic mass is 15.2. The minimum absolute atomic E-state index is 0.226. The van der Waals surface area contributed by atoms with Crippen molar-refractivity contribution in [3.8, 4) is 0 Å². The van der Waals surface area contributed by atoms with Gasteiger partial charge in [0, 0.05) is 18.6 Å². The standard InChI is InChI=1S/C18H30N2/c1-5-17(19)18(15-8-6-14(4)7-9-15)20-11-10-16(12-20)13(2)3/h6-9,13,16-18H,5,10-12,19H2,1-4H3. The van der Waals surface area contributed by atoms with Gasteiger partial charge in [0.15, 0.2) is 0 Å². The highest BCUT2D eigenvalue weighted by molar-refractivity contribution is 5.25. The number of likely N-dealkylation sites (tertiary alicyclic amines) is 1. The third kappa shape index (κ3) is 3.42. The Morgan fingerprint density at radius 1 is 1.25 bits per heavy atom. The molecule has 1 aromatic carbocycles. The minimum atomic E-state index is 0.226. The van der Waals surface area contributed by atoms with Gasteiger partial charge in [-0.25, -0.2) is 0 Å². The average Bonchev–Trinajstić information content (AvgIpc) is 2.90. The zero-order valence-corrected chi connectivity index (χ0v) is 13.5. The molecular weight excluding hydrogens is 244 g/mol. The fourth-order valence-electron chi connectivity index (χ4n) is 3.33. The number of rotatable bonds is 5. The second-order valence-electron chi connectivity index (χ2n) is 6.72. The summed E-state index contributed by atoms with van der Waals surface area (Å²) in [5, 5.41) is 0. The number of hydrogen-bond donors (Lipinski definition) is 1. The van der Waals surface area contributed by atoms with Crippen molar-refractivity contribution >= 4 is 0 Å². The van der Waals surface area contributed by atoms with E-state index in [1.165, 1.54) is 30.6 Å². The van der Waals surface area contributed by atoms with E-state index < -0.39 is 0 Å². The van der Waals surface area contributed by atoms with Crippen LogP contribution in [0.15, 0.2) is 24.3 Å². The molecule has 2 nitrogen and oxygen atoms in total. The van der Waals surface area contributed by atoms with E-state index in [1.54, 1.807) is 0 Å². The summed E-state index contributed by atoms with van der Waals surface area (Å²) in [5.41, 5.74) is 9.15. The number of nitrogens with two attached hydrogens (primary N) is 1. The molecule has 2 rings (SSSR count). The Morgan fingerprint density at radius 2 is 1.90 bits per heavy atom. The molecule has 112 valence electrons. The molecule has 1 saturated heterocycles. The Balaban J connectivity index is 2.18. The fraction of sp³-hybridized carbons (Fsp3) is 0.667. The molecule has 1 fully saturated rings. The molecule has 0 amide bonds. The molecule has 0 spiro atoms. The van der Waals surface area contributed by atoms with Crippen LogP contribution in [-0.2, 0) is 0 Å². The topological polar surface area (TPSA) is 29.3 Å². The fourth-order valence-corrected chi connectivity index (χ4v) is 3.33. The molecule has 2 N–H and O–H groups in total. The lowest BCUT2D eigenvalue weighted by Gasteiger charge is -2.33. The highest BCUT2D eigenvalue weighted by Gasteiger charge is 2.33. The third-order valence-electron chi connectivity index (χ3n) is 4.89. The Morgan fingerprint density at radius 3 is 2.40 bits per heavy atom. The molecule has 2 heteroatoms. The van der Waals surface area contributed by atoms with Crippen LogP contribution in [0.2, 0.25) is 0 Å². The quantitative estimate of drug-likeness (QED) is 0.886. The van der Waals surface area contributed by atoms with Crippen LogP contribution in [0.5, 0.6) is 0 Å². The van der Waals surface area contributed by atoms with E-state index in [0.29, 0.717) is 6.04 Å². The Bertz CT molecular complexity index is 410. The summed E-state index contributed by atoms with van der Waals surface area (Å²) >= 11 is 0. The largest absolute Gasteiger partial charge is 0.326 e. The van der Waals surface area contributed by atoms with E-state index in [0.717, 1.165) is 18.3 Å². The predicted octanol–water partition coefficient (Wildman–Crippen LogP) is 3.75. The third-order valence-corrected chi connectivity index (χ3v) is 4.89. The van der Waals surface area contributed by atoms with Gasteiger partial charge in [0.05, 0.1) is 0 Å². The average molecular weight is 274 g/mol. The SMILES string of the molecule is CCC(N)C(c1ccc(C)cc1)N1CCC(C(C)C)C1. The molecule has 3 unspecified atom stereocenters. The van der Waals surface area contributed by atoms with Crippen molar-refractivity contribution in [2.45, 2.75) is 52.6 Å². The predicted molar refractivity (Wildman–Crippen MR) is 86.7 cm³/mol. The van der Waals surface area contributed by atoms with Crippen molar-refractivity contribution < 1.29 is 0 Å². The van der Waals surface area contributed by atoms with Gasteiger partial charge in [-0.2, -0.15) is 0 Å². The van der Waals surface area contributed by atoms with Crippen LogP contribution in [0.4, 0.5) is 0 Å². The van der Waals surface area contributed by atoms with Crippen LogP contribution in [0.3, 0.4) is 0 Å². The lowest BCUT2D eigenvalue weighted by Crippen LogP contribution is -2.40. The van der Waals surface area contributed by atoms with Crippen molar-refractivity contribution in [2.75, 3.05) is 13.1 Å². The van der Waals surface area contributed by atoms with Crippen molar-refractivity contribution in [3.63, 3.8) is 0 Å². The van der Waals surface area contributed by atoms with E-state index in [9.17, 15) is 0 Å². The van der Waals surface area contributed by atoms with E-state index in [-0.39, 0.29) is 6.04 Å². The zero-order chi connectivity index (χ0) is 14.7. The van der Waals surface area contributed by atoms with Crippen LogP contribution in [0.25, 0.3) is 0 Å². The van der Waals surface area contributed by atoms with Gasteiger partial charge in [0.2, 0.25) is 0 Å². The summed E-state index contributed by atoms with van der Waals surface area (Å²) < 4.78 is 0. The van der Waals surface area contributed by atoms with Crippen molar-refractivity contribution in [3.05, 3.63) is 35.4 Å². The van der Waals surface area contributed by atoms with E-state index in [1.807, 2.05) is 0 Å². The molecule has 1 aromatic rings. The first-order chi connectivity index (χ1) is 9.52. The Hall–Kier alpha value is -0.860. The zero-order valence-electron chi connectivity index (χ0n) is 13.5. The normalized spacial score (nSPS) is 23.2. The number of benzene rings is 1. The van der Waals surface area contributed by atoms with Gasteiger partial charge in [-0.05, 0) is 43.7 Å². The summed E-state index contributed by atoms with van der Waals surface area (Å²) in [6, 6.07) is 9.55. The summed E-state index contributed by atoms with van der Waals surface area (Å²) in [6.07, 6.45) is 2.35. The molecule has 20 heavy (non-hydrogen) atoms. The first-order valence-corrected chi connectivity index (χ1v) is 8.09. The van der Waals surface area contributed by atoms with Crippen LogP contribution in [0.1, 0.15) is 50.8 Å². The Labute approximate surface area is 124 Å². The molecule has 0 radical (unpaired) electrons. The first-order valence-electron chi connectivity index (χ1n) is 8.09. The first kappa shape index (κ1) is 15.5. The maximum Gasteiger partial charge on any atom is 0.0499 e. The van der Waals surface area contributed by atoms with Gasteiger partial charge < -0.3 is 5.73 Å². The van der Waals surface area contributed by atoms with Crippen LogP contribution >= 0.6 is 0 Å². The monoisotopic (exact) mass is 274 g/mol. The van der Waals surface area contributed by atoms with Crippen LogP contribution in [-0.4, -0.2) is 24.0 Å². The number of hydrogen-bond acceptors (Lipinski definition) is 2. The molecule has 0 aromatic heterocycles. The number of nitrogens with zero attached hydrogens (tertiary/aromatic N) is 1. The maximum atomic E-state index is 6.45. The molecule has 1 aliphatic heterocycles. The van der Waals surface area contributed by atoms with Crippen LogP contribution in [0, 0.1) is 18.8 Å². The van der Waals surface area contributed by atoms with Gasteiger partial charge in [0.1, 0.15) is 0 Å². The number of aryl methyl sites for hydroxylation is 1. The summed E-state index contributed by atoms with van der Waals surface area (Å²) in [6.45, 7) is 11.4. The van der Waals surface area contributed by atoms with Gasteiger partial charge in [0.25, 0.3) is 0 Å². The molecule has 1 heterocycles. The van der Waals surface area contributed by atoms with E-state index >= 15 is 0 Å². The molecule has 3 atom stereocenters. The van der Waals surface area contributed by atoms with Gasteiger partial charge in [-0.15, -0.1) is 0 Å². The highest BCUT2D eigenvalue weighted by Crippen LogP contribution is 2.33. The molecule has 0 aliphatic carbocycles. The molecule has 0 bridgehead atoms. The maximum absolute atomic E-state index is 6.45. The van der Waals surface area contributed by atoms with Crippen LogP contribution < -0.4 is 5.73 Å². The van der Waals surface area contributed by atoms with E-state index in [4.69, 9.17) is 5.73 Å². The van der Waals surface area contributed by atoms with Crippen molar-refractivity contribution in [1.82, 2.24) is 4.90 Å². The van der Waals surface area contributed by atoms with Crippen molar-refractivity contribution in [2.24, 2.45) is 17.6 Å².